The van der Waals surface area contributed by atoms with Gasteiger partial charge in [-0.2, -0.15) is 0 Å². The molecule has 0 heterocycles. The molecule has 2 nitrogen and oxygen atoms in total. The zero-order valence-corrected chi connectivity index (χ0v) is 17.3. The third-order valence-electron chi connectivity index (χ3n) is 5.23. The van der Waals surface area contributed by atoms with Crippen molar-refractivity contribution in [2.45, 2.75) is 135 Å². The van der Waals surface area contributed by atoms with Crippen molar-refractivity contribution < 1.29 is 4.79 Å². The normalized spacial score (nSPS) is 11.1. The van der Waals surface area contributed by atoms with E-state index in [0.717, 1.165) is 19.4 Å². The summed E-state index contributed by atoms with van der Waals surface area (Å²) in [5, 5.41) is 0. The topological polar surface area (TPSA) is 43.1 Å². The SMILES string of the molecule is CC(=O)CCCCCCCCCCCCCCCCCCCCCN. The van der Waals surface area contributed by atoms with E-state index in [-0.39, 0.29) is 0 Å². The van der Waals surface area contributed by atoms with Crippen LogP contribution in [0.1, 0.15) is 135 Å². The highest BCUT2D eigenvalue weighted by Crippen LogP contribution is 2.14. The second-order valence-corrected chi connectivity index (χ2v) is 7.96. The standard InChI is InChI=1S/C23H47NO/c1-23(25)21-19-17-15-13-11-9-7-5-3-2-4-6-8-10-12-14-16-18-20-22-24/h2-22,24H2,1H3. The van der Waals surface area contributed by atoms with E-state index in [1.165, 1.54) is 116 Å². The molecule has 0 amide bonds. The lowest BCUT2D eigenvalue weighted by Gasteiger charge is -2.04. The van der Waals surface area contributed by atoms with E-state index < -0.39 is 0 Å². The van der Waals surface area contributed by atoms with Crippen LogP contribution in [0.5, 0.6) is 0 Å². The lowest BCUT2D eigenvalue weighted by molar-refractivity contribution is -0.117. The molecule has 25 heavy (non-hydrogen) atoms. The fraction of sp³-hybridized carbons (Fsp3) is 0.957. The number of hydrogen-bond acceptors (Lipinski definition) is 2. The first-order valence-corrected chi connectivity index (χ1v) is 11.5. The molecule has 0 aliphatic rings. The summed E-state index contributed by atoms with van der Waals surface area (Å²) in [5.74, 6) is 0.346. The molecule has 0 atom stereocenters. The molecule has 0 rings (SSSR count). The van der Waals surface area contributed by atoms with Gasteiger partial charge in [-0.1, -0.05) is 109 Å². The van der Waals surface area contributed by atoms with Crippen molar-refractivity contribution >= 4 is 5.78 Å². The minimum absolute atomic E-state index is 0.346. The molecule has 0 aliphatic carbocycles. The Labute approximate surface area is 158 Å². The van der Waals surface area contributed by atoms with E-state index in [1.807, 2.05) is 0 Å². The molecule has 150 valence electrons. The zero-order valence-electron chi connectivity index (χ0n) is 17.3. The van der Waals surface area contributed by atoms with Crippen LogP contribution in [0.4, 0.5) is 0 Å². The molecule has 2 heteroatoms. The van der Waals surface area contributed by atoms with Crippen LogP contribution in [0, 0.1) is 0 Å². The van der Waals surface area contributed by atoms with Crippen molar-refractivity contribution in [3.05, 3.63) is 0 Å². The Bertz CT molecular complexity index is 265. The van der Waals surface area contributed by atoms with Crippen LogP contribution in [0.25, 0.3) is 0 Å². The van der Waals surface area contributed by atoms with Gasteiger partial charge in [-0.15, -0.1) is 0 Å². The molecule has 0 aromatic heterocycles. The molecule has 0 spiro atoms. The van der Waals surface area contributed by atoms with Crippen molar-refractivity contribution in [2.24, 2.45) is 5.73 Å². The first-order chi connectivity index (χ1) is 12.3. The van der Waals surface area contributed by atoms with E-state index in [2.05, 4.69) is 0 Å². The lowest BCUT2D eigenvalue weighted by Crippen LogP contribution is -1.97. The molecule has 0 saturated heterocycles. The van der Waals surface area contributed by atoms with Crippen molar-refractivity contribution in [3.8, 4) is 0 Å². The van der Waals surface area contributed by atoms with Gasteiger partial charge in [0.15, 0.2) is 0 Å². The second kappa shape index (κ2) is 21.7. The summed E-state index contributed by atoms with van der Waals surface area (Å²) in [7, 11) is 0. The van der Waals surface area contributed by atoms with Crippen molar-refractivity contribution in [3.63, 3.8) is 0 Å². The van der Waals surface area contributed by atoms with E-state index in [0.29, 0.717) is 5.78 Å². The van der Waals surface area contributed by atoms with Crippen molar-refractivity contribution in [1.82, 2.24) is 0 Å². The Balaban J connectivity index is 2.97. The molecule has 0 bridgehead atoms. The van der Waals surface area contributed by atoms with Crippen LogP contribution in [-0.2, 0) is 4.79 Å². The molecule has 0 fully saturated rings. The van der Waals surface area contributed by atoms with Crippen molar-refractivity contribution in [1.29, 1.82) is 0 Å². The van der Waals surface area contributed by atoms with Crippen LogP contribution in [0.15, 0.2) is 0 Å². The molecule has 0 aliphatic heterocycles. The summed E-state index contributed by atoms with van der Waals surface area (Å²) in [4.78, 5) is 10.8. The maximum Gasteiger partial charge on any atom is 0.129 e. The first-order valence-electron chi connectivity index (χ1n) is 11.5. The van der Waals surface area contributed by atoms with Crippen LogP contribution < -0.4 is 5.73 Å². The van der Waals surface area contributed by atoms with Gasteiger partial charge in [0.1, 0.15) is 5.78 Å². The summed E-state index contributed by atoms with van der Waals surface area (Å²) in [6.07, 6.45) is 26.9. The highest BCUT2D eigenvalue weighted by atomic mass is 16.1. The Kier molecular flexibility index (Phi) is 21.4. The van der Waals surface area contributed by atoms with Crippen LogP contribution in [0.3, 0.4) is 0 Å². The molecule has 0 aromatic rings. The maximum atomic E-state index is 10.8. The van der Waals surface area contributed by atoms with Gasteiger partial charge in [-0.3, -0.25) is 0 Å². The van der Waals surface area contributed by atoms with Crippen molar-refractivity contribution in [2.75, 3.05) is 6.54 Å². The number of ketones is 1. The van der Waals surface area contributed by atoms with Crippen LogP contribution >= 0.6 is 0 Å². The predicted octanol–water partition coefficient (Wildman–Crippen LogP) is 7.34. The lowest BCUT2D eigenvalue weighted by atomic mass is 10.0. The van der Waals surface area contributed by atoms with Gasteiger partial charge in [0.25, 0.3) is 0 Å². The number of Topliss-reactive ketones (excluding diaryl/α,β-unsaturated/α-hetero) is 1. The minimum atomic E-state index is 0.346. The average Bonchev–Trinajstić information content (AvgIpc) is 2.60. The fourth-order valence-electron chi connectivity index (χ4n) is 3.52. The quantitative estimate of drug-likeness (QED) is 0.219. The summed E-state index contributed by atoms with van der Waals surface area (Å²) in [6.45, 7) is 2.56. The number of hydrogen-bond donors (Lipinski definition) is 1. The molecular weight excluding hydrogens is 306 g/mol. The number of carbonyl (C=O) groups is 1. The van der Waals surface area contributed by atoms with Gasteiger partial charge in [-0.25, -0.2) is 0 Å². The van der Waals surface area contributed by atoms with Gasteiger partial charge in [0, 0.05) is 6.42 Å². The number of carbonyl (C=O) groups excluding carboxylic acids is 1. The van der Waals surface area contributed by atoms with Gasteiger partial charge in [-0.05, 0) is 26.3 Å². The maximum absolute atomic E-state index is 10.8. The van der Waals surface area contributed by atoms with Gasteiger partial charge in [0.2, 0.25) is 0 Å². The van der Waals surface area contributed by atoms with Gasteiger partial charge in [0.05, 0.1) is 0 Å². The smallest absolute Gasteiger partial charge is 0.129 e. The summed E-state index contributed by atoms with van der Waals surface area (Å²) < 4.78 is 0. The molecular formula is C23H47NO. The first kappa shape index (κ1) is 24.6. The summed E-state index contributed by atoms with van der Waals surface area (Å²) >= 11 is 0. The number of rotatable bonds is 21. The molecule has 0 aromatic carbocycles. The Morgan fingerprint density at radius 2 is 0.720 bits per heavy atom. The fourth-order valence-corrected chi connectivity index (χ4v) is 3.52. The average molecular weight is 354 g/mol. The highest BCUT2D eigenvalue weighted by Gasteiger charge is 1.96. The summed E-state index contributed by atoms with van der Waals surface area (Å²) in [5.41, 5.74) is 5.50. The summed E-state index contributed by atoms with van der Waals surface area (Å²) in [6, 6.07) is 0. The Hall–Kier alpha value is -0.370. The van der Waals surface area contributed by atoms with E-state index in [1.54, 1.807) is 6.92 Å². The minimum Gasteiger partial charge on any atom is -0.330 e. The molecule has 0 radical (unpaired) electrons. The third kappa shape index (κ3) is 23.6. The second-order valence-electron chi connectivity index (χ2n) is 7.96. The monoisotopic (exact) mass is 353 g/mol. The Morgan fingerprint density at radius 3 is 0.960 bits per heavy atom. The molecule has 0 unspecified atom stereocenters. The van der Waals surface area contributed by atoms with Gasteiger partial charge >= 0.3 is 0 Å². The van der Waals surface area contributed by atoms with E-state index in [4.69, 9.17) is 5.73 Å². The largest absolute Gasteiger partial charge is 0.330 e. The predicted molar refractivity (Wildman–Crippen MR) is 112 cm³/mol. The van der Waals surface area contributed by atoms with Crippen LogP contribution in [-0.4, -0.2) is 12.3 Å². The molecule has 0 saturated carbocycles. The zero-order chi connectivity index (χ0) is 18.4. The molecule has 2 N–H and O–H groups in total. The van der Waals surface area contributed by atoms with E-state index >= 15 is 0 Å². The number of nitrogens with two attached hydrogens (primary N) is 1. The van der Waals surface area contributed by atoms with Crippen LogP contribution in [0.2, 0.25) is 0 Å². The Morgan fingerprint density at radius 1 is 0.480 bits per heavy atom. The highest BCUT2D eigenvalue weighted by molar-refractivity contribution is 5.75. The number of unbranched alkanes of at least 4 members (excludes halogenated alkanes) is 18. The third-order valence-corrected chi connectivity index (χ3v) is 5.23. The van der Waals surface area contributed by atoms with Gasteiger partial charge < -0.3 is 10.5 Å². The van der Waals surface area contributed by atoms with E-state index in [9.17, 15) is 4.79 Å².